The van der Waals surface area contributed by atoms with E-state index in [0.717, 1.165) is 82.8 Å². The van der Waals surface area contributed by atoms with Crippen LogP contribution in [0.2, 0.25) is 0 Å². The van der Waals surface area contributed by atoms with E-state index in [1.165, 1.54) is 24.8 Å². The van der Waals surface area contributed by atoms with Gasteiger partial charge in [0, 0.05) is 48.9 Å². The quantitative estimate of drug-likeness (QED) is 0.217. The molecule has 1 saturated carbocycles. The van der Waals surface area contributed by atoms with Crippen LogP contribution in [0.1, 0.15) is 54.9 Å². The van der Waals surface area contributed by atoms with Gasteiger partial charge in [0.25, 0.3) is 5.91 Å². The number of imidazole rings is 1. The Kier molecular flexibility index (Phi) is 6.69. The zero-order valence-electron chi connectivity index (χ0n) is 26.2. The monoisotopic (exact) mass is 601 g/mol. The average molecular weight is 602 g/mol. The molecule has 2 aliphatic heterocycles. The van der Waals surface area contributed by atoms with Crippen LogP contribution >= 0.6 is 0 Å². The van der Waals surface area contributed by atoms with Gasteiger partial charge < -0.3 is 24.1 Å². The van der Waals surface area contributed by atoms with Gasteiger partial charge in [-0.2, -0.15) is 0 Å². The minimum atomic E-state index is 0.0444. The number of anilines is 1. The summed E-state index contributed by atoms with van der Waals surface area (Å²) in [5.41, 5.74) is 8.71. The van der Waals surface area contributed by atoms with Gasteiger partial charge in [-0.25, -0.2) is 4.98 Å². The Bertz CT molecular complexity index is 2000. The largest absolute Gasteiger partial charge is 0.494 e. The summed E-state index contributed by atoms with van der Waals surface area (Å²) in [5, 5.41) is 4.11. The summed E-state index contributed by atoms with van der Waals surface area (Å²) in [6.45, 7) is 4.73. The maximum Gasteiger partial charge on any atom is 0.254 e. The summed E-state index contributed by atoms with van der Waals surface area (Å²) in [7, 11) is 3.70. The van der Waals surface area contributed by atoms with Gasteiger partial charge in [0.15, 0.2) is 5.82 Å². The molecule has 1 saturated heterocycles. The highest BCUT2D eigenvalue weighted by Gasteiger charge is 2.29. The van der Waals surface area contributed by atoms with Crippen molar-refractivity contribution in [3.05, 3.63) is 65.7 Å². The Morgan fingerprint density at radius 3 is 2.71 bits per heavy atom. The van der Waals surface area contributed by atoms with E-state index >= 15 is 0 Å². The molecular formula is C37H39N5O3. The van der Waals surface area contributed by atoms with Crippen molar-refractivity contribution in [3.8, 4) is 28.4 Å². The lowest BCUT2D eigenvalue weighted by atomic mass is 9.95. The number of nitrogens with zero attached hydrogens (tertiary/aromatic N) is 4. The van der Waals surface area contributed by atoms with Crippen LogP contribution in [0.25, 0.3) is 44.6 Å². The van der Waals surface area contributed by atoms with Gasteiger partial charge in [-0.3, -0.25) is 9.59 Å². The molecule has 2 fully saturated rings. The van der Waals surface area contributed by atoms with Gasteiger partial charge in [0.2, 0.25) is 5.91 Å². The molecule has 8 rings (SSSR count). The van der Waals surface area contributed by atoms with Crippen molar-refractivity contribution in [2.24, 2.45) is 18.9 Å². The predicted molar refractivity (Wildman–Crippen MR) is 178 cm³/mol. The lowest BCUT2D eigenvalue weighted by molar-refractivity contribution is -0.115. The van der Waals surface area contributed by atoms with E-state index in [0.29, 0.717) is 29.6 Å². The van der Waals surface area contributed by atoms with Crippen molar-refractivity contribution in [3.63, 3.8) is 0 Å². The molecule has 5 aromatic rings. The van der Waals surface area contributed by atoms with E-state index in [1.54, 1.807) is 7.11 Å². The van der Waals surface area contributed by atoms with Crippen molar-refractivity contribution in [1.29, 1.82) is 0 Å². The zero-order valence-corrected chi connectivity index (χ0v) is 26.2. The van der Waals surface area contributed by atoms with Crippen LogP contribution in [0.3, 0.4) is 0 Å². The van der Waals surface area contributed by atoms with Crippen LogP contribution in [0.15, 0.2) is 54.6 Å². The molecule has 3 aliphatic rings. The fourth-order valence-corrected chi connectivity index (χ4v) is 7.47. The summed E-state index contributed by atoms with van der Waals surface area (Å²) < 4.78 is 10.4. The zero-order chi connectivity index (χ0) is 30.8. The van der Waals surface area contributed by atoms with Gasteiger partial charge in [-0.05, 0) is 79.0 Å². The molecule has 2 aromatic heterocycles. The molecule has 1 atom stereocenters. The number of carbonyl (C=O) groups excluding carboxylic acids is 2. The second-order valence-corrected chi connectivity index (χ2v) is 13.1. The van der Waals surface area contributed by atoms with Gasteiger partial charge in [-0.1, -0.05) is 37.6 Å². The van der Waals surface area contributed by atoms with Crippen molar-refractivity contribution in [2.45, 2.75) is 52.0 Å². The van der Waals surface area contributed by atoms with E-state index < -0.39 is 0 Å². The molecule has 2 amide bonds. The lowest BCUT2D eigenvalue weighted by Gasteiger charge is -2.32. The van der Waals surface area contributed by atoms with E-state index in [9.17, 15) is 9.59 Å². The molecule has 8 heteroatoms. The van der Waals surface area contributed by atoms with Crippen molar-refractivity contribution >= 4 is 39.4 Å². The molecule has 0 radical (unpaired) electrons. The average Bonchev–Trinajstić information content (AvgIpc) is 3.56. The number of rotatable bonds is 7. The Morgan fingerprint density at radius 1 is 1.04 bits per heavy atom. The SMILES string of the molecule is CC[C@@H]1CCCN(C(=O)c2cc(OC)c3c(c2)nc(-c2cc4cccc(-c5ccc6c(c5)CC(=O)N6)c4n2CC2CC2)n3C)C1. The highest BCUT2D eigenvalue weighted by atomic mass is 16.5. The molecule has 1 aliphatic carbocycles. The fraction of sp³-hybridized carbons (Fsp3) is 0.378. The highest BCUT2D eigenvalue weighted by Crippen LogP contribution is 2.41. The van der Waals surface area contributed by atoms with Gasteiger partial charge in [-0.15, -0.1) is 0 Å². The summed E-state index contributed by atoms with van der Waals surface area (Å²) in [6, 6.07) is 18.8. The Labute approximate surface area is 263 Å². The van der Waals surface area contributed by atoms with Crippen molar-refractivity contribution in [1.82, 2.24) is 19.0 Å². The number of aromatic nitrogens is 3. The van der Waals surface area contributed by atoms with Gasteiger partial charge in [0.1, 0.15) is 11.3 Å². The number of methoxy groups -OCH3 is 1. The van der Waals surface area contributed by atoms with Crippen LogP contribution in [0.5, 0.6) is 5.75 Å². The summed E-state index contributed by atoms with van der Waals surface area (Å²) in [4.78, 5) is 33.0. The summed E-state index contributed by atoms with van der Waals surface area (Å²) >= 11 is 0. The number of benzene rings is 3. The molecule has 0 unspecified atom stereocenters. The minimum Gasteiger partial charge on any atom is -0.494 e. The van der Waals surface area contributed by atoms with E-state index in [1.807, 2.05) is 30.1 Å². The Morgan fingerprint density at radius 2 is 1.91 bits per heavy atom. The first-order chi connectivity index (χ1) is 21.9. The standard InChI is InChI=1S/C37H39N5O3/c1-4-22-7-6-14-41(20-22)37(44)27-16-30-35(32(18-27)45-3)40(2)36(39-30)31-17-25-8-5-9-28(34(25)42(31)21-23-10-11-23)24-12-13-29-26(15-24)19-33(43)38-29/h5,8-9,12-13,15-18,22-23H,4,6-7,10-11,14,19-21H2,1-3H3,(H,38,43)/t22-/m1/s1. The molecule has 1 N–H and O–H groups in total. The maximum absolute atomic E-state index is 13.7. The number of amides is 2. The summed E-state index contributed by atoms with van der Waals surface area (Å²) in [5.74, 6) is 2.81. The van der Waals surface area contributed by atoms with Crippen LogP contribution in [0, 0.1) is 11.8 Å². The van der Waals surface area contributed by atoms with E-state index in [2.05, 4.69) is 57.8 Å². The maximum atomic E-state index is 13.7. The summed E-state index contributed by atoms with van der Waals surface area (Å²) in [6.07, 6.45) is 6.19. The number of carbonyl (C=O) groups is 2. The number of likely N-dealkylation sites (tertiary alicyclic amines) is 1. The normalized spacial score (nSPS) is 18.1. The number of aryl methyl sites for hydroxylation is 1. The topological polar surface area (TPSA) is 81.4 Å². The number of nitrogens with one attached hydrogen (secondary N) is 1. The van der Waals surface area contributed by atoms with E-state index in [4.69, 9.17) is 9.72 Å². The molecular weight excluding hydrogens is 562 g/mol. The molecule has 8 nitrogen and oxygen atoms in total. The Hall–Kier alpha value is -4.59. The highest BCUT2D eigenvalue weighted by molar-refractivity contribution is 6.03. The molecule has 45 heavy (non-hydrogen) atoms. The van der Waals surface area contributed by atoms with E-state index in [-0.39, 0.29) is 11.8 Å². The number of piperidine rings is 1. The predicted octanol–water partition coefficient (Wildman–Crippen LogP) is 7.04. The lowest BCUT2D eigenvalue weighted by Crippen LogP contribution is -2.39. The first-order valence-corrected chi connectivity index (χ1v) is 16.3. The molecule has 230 valence electrons. The second-order valence-electron chi connectivity index (χ2n) is 13.1. The molecule has 3 aromatic carbocycles. The number of hydrogen-bond donors (Lipinski definition) is 1. The number of hydrogen-bond acceptors (Lipinski definition) is 4. The second kappa shape index (κ2) is 10.8. The smallest absolute Gasteiger partial charge is 0.254 e. The van der Waals surface area contributed by atoms with Crippen LogP contribution in [-0.4, -0.2) is 51.0 Å². The fourth-order valence-electron chi connectivity index (χ4n) is 7.47. The van der Waals surface area contributed by atoms with Crippen LogP contribution in [0.4, 0.5) is 5.69 Å². The van der Waals surface area contributed by atoms with Gasteiger partial charge in [0.05, 0.1) is 30.3 Å². The van der Waals surface area contributed by atoms with Crippen molar-refractivity contribution in [2.75, 3.05) is 25.5 Å². The number of para-hydroxylation sites is 1. The minimum absolute atomic E-state index is 0.0444. The molecule has 0 bridgehead atoms. The molecule has 4 heterocycles. The van der Waals surface area contributed by atoms with Gasteiger partial charge >= 0.3 is 0 Å². The third kappa shape index (κ3) is 4.78. The number of ether oxygens (including phenoxy) is 1. The first kappa shape index (κ1) is 27.9. The van der Waals surface area contributed by atoms with Crippen molar-refractivity contribution < 1.29 is 14.3 Å². The third-order valence-electron chi connectivity index (χ3n) is 10.1. The van der Waals surface area contributed by atoms with Crippen LogP contribution < -0.4 is 10.1 Å². The third-order valence-corrected chi connectivity index (χ3v) is 10.1. The molecule has 0 spiro atoms. The van der Waals surface area contributed by atoms with Crippen LogP contribution in [-0.2, 0) is 24.8 Å². The Balaban J connectivity index is 1.26. The number of fused-ring (bicyclic) bond motifs is 3. The first-order valence-electron chi connectivity index (χ1n) is 16.3.